The summed E-state index contributed by atoms with van der Waals surface area (Å²) < 4.78 is 8.93. The molecule has 2 fully saturated rings. The summed E-state index contributed by atoms with van der Waals surface area (Å²) in [6.45, 7) is 3.65. The maximum atomic E-state index is 10.5. The molecule has 3 aromatic rings. The third-order valence-corrected chi connectivity index (χ3v) is 5.57. The number of rotatable bonds is 4. The van der Waals surface area contributed by atoms with E-state index < -0.39 is 5.60 Å². The number of hydrogen-bond donors (Lipinski definition) is 1. The number of β-amino-alcohol motifs (C(OH)–C–C–N with tert-alkyl or cyclic N) is 1. The Kier molecular flexibility index (Phi) is 4.14. The zero-order chi connectivity index (χ0) is 18.3. The van der Waals surface area contributed by atoms with Crippen LogP contribution < -0.4 is 0 Å². The van der Waals surface area contributed by atoms with Gasteiger partial charge in [0.05, 0.1) is 6.61 Å². The molecule has 9 heteroatoms. The van der Waals surface area contributed by atoms with Gasteiger partial charge in [-0.3, -0.25) is 0 Å². The summed E-state index contributed by atoms with van der Waals surface area (Å²) in [6.07, 6.45) is 6.28. The molecule has 0 radical (unpaired) electrons. The Hall–Kier alpha value is -2.36. The Labute approximate surface area is 156 Å². The van der Waals surface area contributed by atoms with E-state index in [0.717, 1.165) is 49.6 Å². The number of ether oxygens (including phenoxy) is 1. The normalized spacial score (nSPS) is 24.8. The summed E-state index contributed by atoms with van der Waals surface area (Å²) in [4.78, 5) is 2.33. The van der Waals surface area contributed by atoms with Crippen LogP contribution in [0.1, 0.15) is 31.0 Å². The van der Waals surface area contributed by atoms with Crippen LogP contribution in [-0.2, 0) is 4.74 Å². The van der Waals surface area contributed by atoms with E-state index in [-0.39, 0.29) is 0 Å². The lowest BCUT2D eigenvalue weighted by Gasteiger charge is -2.35. The van der Waals surface area contributed by atoms with Crippen molar-refractivity contribution < 1.29 is 9.84 Å². The molecular weight excluding hydrogens is 346 g/mol. The summed E-state index contributed by atoms with van der Waals surface area (Å²) in [6, 6.07) is 5.69. The third kappa shape index (κ3) is 3.22. The molecule has 5 heterocycles. The molecule has 142 valence electrons. The molecule has 0 amide bonds. The Morgan fingerprint density at radius 1 is 1.22 bits per heavy atom. The maximum Gasteiger partial charge on any atom is 0.178 e. The summed E-state index contributed by atoms with van der Waals surface area (Å²) in [5.74, 6) is 1.96. The van der Waals surface area contributed by atoms with Gasteiger partial charge in [-0.25, -0.2) is 4.68 Å². The van der Waals surface area contributed by atoms with Crippen molar-refractivity contribution in [2.24, 2.45) is 0 Å². The van der Waals surface area contributed by atoms with Gasteiger partial charge in [0.15, 0.2) is 17.3 Å². The molecule has 2 saturated heterocycles. The quantitative estimate of drug-likeness (QED) is 0.721. The summed E-state index contributed by atoms with van der Waals surface area (Å²) in [7, 11) is 0. The van der Waals surface area contributed by atoms with Crippen LogP contribution in [0.3, 0.4) is 0 Å². The van der Waals surface area contributed by atoms with Crippen molar-refractivity contribution in [1.82, 2.24) is 34.5 Å². The molecule has 0 spiro atoms. The molecule has 0 aromatic carbocycles. The van der Waals surface area contributed by atoms with E-state index in [2.05, 4.69) is 25.3 Å². The van der Waals surface area contributed by atoms with Crippen LogP contribution >= 0.6 is 0 Å². The van der Waals surface area contributed by atoms with E-state index in [1.807, 2.05) is 28.9 Å². The molecule has 2 aliphatic heterocycles. The average molecular weight is 369 g/mol. The van der Waals surface area contributed by atoms with Gasteiger partial charge < -0.3 is 14.7 Å². The standard InChI is InChI=1S/C18H23N7O2/c26-18(6-11-27-13-18)12-23-9-4-14(5-10-23)17-21-20-15-2-3-16(22-25(15)17)24-8-1-7-19-24/h1-3,7-8,14,26H,4-6,9-13H2. The smallest absolute Gasteiger partial charge is 0.178 e. The zero-order valence-electron chi connectivity index (χ0n) is 15.1. The molecule has 1 atom stereocenters. The number of aliphatic hydroxyl groups is 1. The first kappa shape index (κ1) is 16.8. The van der Waals surface area contributed by atoms with Crippen LogP contribution in [0.25, 0.3) is 11.5 Å². The molecule has 1 N–H and O–H groups in total. The Morgan fingerprint density at radius 2 is 2.11 bits per heavy atom. The minimum atomic E-state index is -0.686. The Morgan fingerprint density at radius 3 is 2.85 bits per heavy atom. The highest BCUT2D eigenvalue weighted by Crippen LogP contribution is 2.29. The lowest BCUT2D eigenvalue weighted by atomic mass is 9.94. The number of hydrogen-bond acceptors (Lipinski definition) is 7. The molecule has 1 unspecified atom stereocenters. The van der Waals surface area contributed by atoms with Crippen LogP contribution in [0.15, 0.2) is 30.6 Å². The molecule has 27 heavy (non-hydrogen) atoms. The van der Waals surface area contributed by atoms with Gasteiger partial charge >= 0.3 is 0 Å². The van der Waals surface area contributed by atoms with Crippen molar-refractivity contribution in [1.29, 1.82) is 0 Å². The topological polar surface area (TPSA) is 93.6 Å². The first-order valence-corrected chi connectivity index (χ1v) is 9.45. The lowest BCUT2D eigenvalue weighted by Crippen LogP contribution is -2.46. The van der Waals surface area contributed by atoms with E-state index in [1.54, 1.807) is 10.9 Å². The van der Waals surface area contributed by atoms with Gasteiger partial charge in [0.2, 0.25) is 0 Å². The van der Waals surface area contributed by atoms with Crippen molar-refractivity contribution in [3.8, 4) is 5.82 Å². The lowest BCUT2D eigenvalue weighted by molar-refractivity contribution is -0.00986. The van der Waals surface area contributed by atoms with Crippen LogP contribution in [-0.4, -0.2) is 78.0 Å². The van der Waals surface area contributed by atoms with Crippen molar-refractivity contribution in [3.05, 3.63) is 36.4 Å². The fourth-order valence-corrected chi connectivity index (χ4v) is 4.06. The SMILES string of the molecule is OC1(CN2CCC(c3nnc4ccc(-n5cccn5)nn34)CC2)CCOC1. The highest BCUT2D eigenvalue weighted by Gasteiger charge is 2.36. The second kappa shape index (κ2) is 6.66. The number of fused-ring (bicyclic) bond motifs is 1. The van der Waals surface area contributed by atoms with Crippen molar-refractivity contribution in [3.63, 3.8) is 0 Å². The van der Waals surface area contributed by atoms with Crippen LogP contribution in [0, 0.1) is 0 Å². The predicted molar refractivity (Wildman–Crippen MR) is 96.7 cm³/mol. The first-order valence-electron chi connectivity index (χ1n) is 9.45. The van der Waals surface area contributed by atoms with Crippen LogP contribution in [0.4, 0.5) is 0 Å². The van der Waals surface area contributed by atoms with Crippen LogP contribution in [0.5, 0.6) is 0 Å². The summed E-state index contributed by atoms with van der Waals surface area (Å²) in [5.41, 5.74) is 0.0648. The fraction of sp³-hybridized carbons (Fsp3) is 0.556. The Bertz CT molecular complexity index is 909. The van der Waals surface area contributed by atoms with E-state index in [1.165, 1.54) is 0 Å². The number of nitrogens with zero attached hydrogens (tertiary/aromatic N) is 7. The van der Waals surface area contributed by atoms with E-state index in [9.17, 15) is 5.11 Å². The average Bonchev–Trinajstić information content (AvgIpc) is 3.42. The van der Waals surface area contributed by atoms with Gasteiger partial charge in [0.1, 0.15) is 5.60 Å². The second-order valence-corrected chi connectivity index (χ2v) is 7.55. The molecule has 0 saturated carbocycles. The number of likely N-dealkylation sites (tertiary alicyclic amines) is 1. The highest BCUT2D eigenvalue weighted by atomic mass is 16.5. The maximum absolute atomic E-state index is 10.5. The minimum absolute atomic E-state index is 0.311. The third-order valence-electron chi connectivity index (χ3n) is 5.57. The fourth-order valence-electron chi connectivity index (χ4n) is 4.06. The highest BCUT2D eigenvalue weighted by molar-refractivity contribution is 5.39. The number of piperidine rings is 1. The van der Waals surface area contributed by atoms with Gasteiger partial charge in [-0.15, -0.1) is 15.3 Å². The largest absolute Gasteiger partial charge is 0.386 e. The molecule has 5 rings (SSSR count). The van der Waals surface area contributed by atoms with Gasteiger partial charge in [-0.2, -0.15) is 9.61 Å². The van der Waals surface area contributed by atoms with Gasteiger partial charge in [-0.1, -0.05) is 0 Å². The second-order valence-electron chi connectivity index (χ2n) is 7.55. The summed E-state index contributed by atoms with van der Waals surface area (Å²) >= 11 is 0. The minimum Gasteiger partial charge on any atom is -0.386 e. The van der Waals surface area contributed by atoms with E-state index in [0.29, 0.717) is 25.7 Å². The molecule has 0 bridgehead atoms. The van der Waals surface area contributed by atoms with Crippen molar-refractivity contribution >= 4 is 5.65 Å². The van der Waals surface area contributed by atoms with Gasteiger partial charge in [0.25, 0.3) is 0 Å². The molecule has 3 aromatic heterocycles. The summed E-state index contributed by atoms with van der Waals surface area (Å²) in [5, 5.41) is 28.2. The van der Waals surface area contributed by atoms with E-state index in [4.69, 9.17) is 4.74 Å². The first-order chi connectivity index (χ1) is 13.2. The zero-order valence-corrected chi connectivity index (χ0v) is 15.1. The molecule has 0 aliphatic carbocycles. The monoisotopic (exact) mass is 369 g/mol. The molecule has 9 nitrogen and oxygen atoms in total. The van der Waals surface area contributed by atoms with Crippen molar-refractivity contribution in [2.45, 2.75) is 30.8 Å². The van der Waals surface area contributed by atoms with Gasteiger partial charge in [-0.05, 0) is 44.1 Å². The van der Waals surface area contributed by atoms with Crippen molar-refractivity contribution in [2.75, 3.05) is 32.8 Å². The van der Waals surface area contributed by atoms with Crippen LogP contribution in [0.2, 0.25) is 0 Å². The Balaban J connectivity index is 1.32. The van der Waals surface area contributed by atoms with Gasteiger partial charge in [0, 0.05) is 37.9 Å². The molecule has 2 aliphatic rings. The van der Waals surface area contributed by atoms with E-state index >= 15 is 0 Å². The predicted octanol–water partition coefficient (Wildman–Crippen LogP) is 0.641. The number of aromatic nitrogens is 6. The molecular formula is C18H23N7O2.